The quantitative estimate of drug-likeness (QED) is 0.616. The molecule has 1 aliphatic rings. The van der Waals surface area contributed by atoms with Crippen LogP contribution in [0.5, 0.6) is 0 Å². The van der Waals surface area contributed by atoms with Crippen molar-refractivity contribution < 1.29 is 4.79 Å². The monoisotopic (exact) mass is 419 g/mol. The topological polar surface area (TPSA) is 35.6 Å². The SMILES string of the molecule is C[C@@H](NC(=O)c1ccccc1)[C@H](c1cccs1)N1CCN(Cc2ccccc2)CC1. The van der Waals surface area contributed by atoms with Crippen LogP contribution in [-0.2, 0) is 6.54 Å². The van der Waals surface area contributed by atoms with Crippen molar-refractivity contribution in [1.29, 1.82) is 0 Å². The molecule has 1 saturated heterocycles. The molecule has 3 aromatic rings. The van der Waals surface area contributed by atoms with Gasteiger partial charge in [-0.3, -0.25) is 14.6 Å². The largest absolute Gasteiger partial charge is 0.348 e. The zero-order valence-corrected chi connectivity index (χ0v) is 18.2. The third-order valence-corrected chi connectivity index (χ3v) is 6.70. The van der Waals surface area contributed by atoms with Crippen LogP contribution in [0.1, 0.15) is 33.8 Å². The summed E-state index contributed by atoms with van der Waals surface area (Å²) in [6, 6.07) is 24.7. The minimum Gasteiger partial charge on any atom is -0.348 e. The zero-order valence-electron chi connectivity index (χ0n) is 17.4. The number of rotatable bonds is 7. The predicted octanol–water partition coefficient (Wildman–Crippen LogP) is 4.43. The molecule has 2 heterocycles. The lowest BCUT2D eigenvalue weighted by Crippen LogP contribution is -2.52. The Kier molecular flexibility index (Phi) is 6.95. The highest BCUT2D eigenvalue weighted by atomic mass is 32.1. The Morgan fingerprint density at radius 3 is 2.23 bits per heavy atom. The average molecular weight is 420 g/mol. The smallest absolute Gasteiger partial charge is 0.251 e. The van der Waals surface area contributed by atoms with Crippen LogP contribution in [0.3, 0.4) is 0 Å². The van der Waals surface area contributed by atoms with Gasteiger partial charge in [-0.05, 0) is 36.1 Å². The number of hydrogen-bond donors (Lipinski definition) is 1. The van der Waals surface area contributed by atoms with Crippen LogP contribution in [0.4, 0.5) is 0 Å². The van der Waals surface area contributed by atoms with Crippen molar-refractivity contribution in [2.45, 2.75) is 25.6 Å². The molecule has 1 fully saturated rings. The minimum absolute atomic E-state index is 0.00707. The molecule has 4 nitrogen and oxygen atoms in total. The summed E-state index contributed by atoms with van der Waals surface area (Å²) in [6.07, 6.45) is 0. The summed E-state index contributed by atoms with van der Waals surface area (Å²) in [5.74, 6) is -0.00707. The van der Waals surface area contributed by atoms with E-state index in [1.807, 2.05) is 30.3 Å². The zero-order chi connectivity index (χ0) is 20.8. The van der Waals surface area contributed by atoms with Gasteiger partial charge in [-0.2, -0.15) is 0 Å². The van der Waals surface area contributed by atoms with Crippen molar-refractivity contribution in [3.05, 3.63) is 94.2 Å². The Bertz CT molecular complexity index is 906. The molecule has 0 radical (unpaired) electrons. The molecule has 1 N–H and O–H groups in total. The molecule has 0 saturated carbocycles. The van der Waals surface area contributed by atoms with E-state index in [9.17, 15) is 4.79 Å². The number of benzene rings is 2. The fraction of sp³-hybridized carbons (Fsp3) is 0.320. The maximum absolute atomic E-state index is 12.7. The molecule has 1 amide bonds. The molecule has 0 aliphatic carbocycles. The number of thiophene rings is 1. The highest BCUT2D eigenvalue weighted by Gasteiger charge is 2.31. The molecule has 0 spiro atoms. The van der Waals surface area contributed by atoms with Crippen LogP contribution in [0, 0.1) is 0 Å². The van der Waals surface area contributed by atoms with Gasteiger partial charge < -0.3 is 5.32 Å². The summed E-state index contributed by atoms with van der Waals surface area (Å²) in [7, 11) is 0. The second-order valence-electron chi connectivity index (χ2n) is 7.89. The molecular formula is C25H29N3OS. The van der Waals surface area contributed by atoms with E-state index in [4.69, 9.17) is 0 Å². The van der Waals surface area contributed by atoms with Crippen molar-refractivity contribution in [2.24, 2.45) is 0 Å². The van der Waals surface area contributed by atoms with E-state index in [1.165, 1.54) is 10.4 Å². The van der Waals surface area contributed by atoms with Crippen LogP contribution in [0.2, 0.25) is 0 Å². The number of amides is 1. The van der Waals surface area contributed by atoms with Crippen LogP contribution >= 0.6 is 11.3 Å². The standard InChI is InChI=1S/C25H29N3OS/c1-20(26-25(29)22-11-6-3-7-12-22)24(23-13-8-18-30-23)28-16-14-27(15-17-28)19-21-9-4-2-5-10-21/h2-13,18,20,24H,14-17,19H2,1H3,(H,26,29)/t20-,24-/m1/s1. The lowest BCUT2D eigenvalue weighted by Gasteiger charge is -2.41. The van der Waals surface area contributed by atoms with Crippen LogP contribution in [-0.4, -0.2) is 47.9 Å². The average Bonchev–Trinajstić information content (AvgIpc) is 3.31. The number of carbonyl (C=O) groups excluding carboxylic acids is 1. The van der Waals surface area contributed by atoms with Crippen molar-refractivity contribution >= 4 is 17.2 Å². The molecule has 1 aromatic heterocycles. The van der Waals surface area contributed by atoms with Gasteiger partial charge in [0.05, 0.1) is 6.04 Å². The Morgan fingerprint density at radius 1 is 0.933 bits per heavy atom. The van der Waals surface area contributed by atoms with Gasteiger partial charge in [-0.15, -0.1) is 11.3 Å². The van der Waals surface area contributed by atoms with Crippen molar-refractivity contribution in [3.8, 4) is 0 Å². The molecule has 2 aromatic carbocycles. The van der Waals surface area contributed by atoms with Gasteiger partial charge in [-0.1, -0.05) is 54.6 Å². The Morgan fingerprint density at radius 2 is 1.60 bits per heavy atom. The Hall–Kier alpha value is -2.47. The molecule has 156 valence electrons. The Labute approximate surface area is 183 Å². The van der Waals surface area contributed by atoms with E-state index in [1.54, 1.807) is 11.3 Å². The van der Waals surface area contributed by atoms with E-state index in [0.29, 0.717) is 5.56 Å². The minimum atomic E-state index is -0.00707. The van der Waals surface area contributed by atoms with Gasteiger partial charge in [0.15, 0.2) is 0 Å². The highest BCUT2D eigenvalue weighted by molar-refractivity contribution is 7.10. The van der Waals surface area contributed by atoms with Gasteiger partial charge in [0.25, 0.3) is 5.91 Å². The maximum atomic E-state index is 12.7. The van der Waals surface area contributed by atoms with Crippen molar-refractivity contribution in [2.75, 3.05) is 26.2 Å². The van der Waals surface area contributed by atoms with Crippen LogP contribution < -0.4 is 5.32 Å². The summed E-state index contributed by atoms with van der Waals surface area (Å²) in [5, 5.41) is 5.37. The van der Waals surface area contributed by atoms with Gasteiger partial charge in [-0.25, -0.2) is 0 Å². The maximum Gasteiger partial charge on any atom is 0.251 e. The number of piperazine rings is 1. The molecule has 0 unspecified atom stereocenters. The summed E-state index contributed by atoms with van der Waals surface area (Å²) < 4.78 is 0. The Balaban J connectivity index is 1.41. The highest BCUT2D eigenvalue weighted by Crippen LogP contribution is 2.29. The summed E-state index contributed by atoms with van der Waals surface area (Å²) in [6.45, 7) is 7.20. The second kappa shape index (κ2) is 10.0. The molecule has 5 heteroatoms. The lowest BCUT2D eigenvalue weighted by molar-refractivity contribution is 0.0714. The summed E-state index contributed by atoms with van der Waals surface area (Å²) in [5.41, 5.74) is 2.08. The fourth-order valence-corrected chi connectivity index (χ4v) is 5.17. The van der Waals surface area contributed by atoms with E-state index in [0.717, 1.165) is 32.7 Å². The van der Waals surface area contributed by atoms with Gasteiger partial charge in [0.1, 0.15) is 0 Å². The first-order valence-electron chi connectivity index (χ1n) is 10.6. The van der Waals surface area contributed by atoms with Gasteiger partial charge >= 0.3 is 0 Å². The van der Waals surface area contributed by atoms with E-state index in [-0.39, 0.29) is 18.0 Å². The third-order valence-electron chi connectivity index (χ3n) is 5.75. The van der Waals surface area contributed by atoms with Gasteiger partial charge in [0.2, 0.25) is 0 Å². The van der Waals surface area contributed by atoms with E-state index >= 15 is 0 Å². The van der Waals surface area contributed by atoms with Crippen molar-refractivity contribution in [3.63, 3.8) is 0 Å². The first-order chi connectivity index (χ1) is 14.7. The second-order valence-corrected chi connectivity index (χ2v) is 8.87. The van der Waals surface area contributed by atoms with Crippen LogP contribution in [0.25, 0.3) is 0 Å². The first-order valence-corrected chi connectivity index (χ1v) is 11.5. The molecule has 30 heavy (non-hydrogen) atoms. The molecular weight excluding hydrogens is 390 g/mol. The molecule has 4 rings (SSSR count). The number of nitrogens with zero attached hydrogens (tertiary/aromatic N) is 2. The molecule has 0 bridgehead atoms. The number of hydrogen-bond acceptors (Lipinski definition) is 4. The molecule has 1 aliphatic heterocycles. The first kappa shape index (κ1) is 20.8. The lowest BCUT2D eigenvalue weighted by atomic mass is 10.0. The number of nitrogens with one attached hydrogen (secondary N) is 1. The number of carbonyl (C=O) groups is 1. The normalized spacial score (nSPS) is 17.4. The molecule has 2 atom stereocenters. The van der Waals surface area contributed by atoms with Gasteiger partial charge in [0, 0.05) is 49.2 Å². The summed E-state index contributed by atoms with van der Waals surface area (Å²) in [4.78, 5) is 19.1. The van der Waals surface area contributed by atoms with Crippen LogP contribution in [0.15, 0.2) is 78.2 Å². The van der Waals surface area contributed by atoms with E-state index in [2.05, 4.69) is 69.9 Å². The van der Waals surface area contributed by atoms with E-state index < -0.39 is 0 Å². The predicted molar refractivity (Wildman–Crippen MR) is 124 cm³/mol. The fourth-order valence-electron chi connectivity index (χ4n) is 4.20. The third kappa shape index (κ3) is 5.17. The van der Waals surface area contributed by atoms with Crippen molar-refractivity contribution in [1.82, 2.24) is 15.1 Å². The summed E-state index contributed by atoms with van der Waals surface area (Å²) >= 11 is 1.77.